The molecule has 2 unspecified atom stereocenters. The van der Waals surface area contributed by atoms with E-state index in [0.29, 0.717) is 24.9 Å². The highest BCUT2D eigenvalue weighted by atomic mass is 16.2. The smallest absolute Gasteiger partial charge is 0.242 e. The Hall–Kier alpha value is -1.10. The van der Waals surface area contributed by atoms with Gasteiger partial charge in [0.15, 0.2) is 0 Å². The van der Waals surface area contributed by atoms with Crippen LogP contribution in [0.1, 0.15) is 40.5 Å². The number of carbonyl (C=O) groups is 2. The second-order valence-electron chi connectivity index (χ2n) is 5.78. The summed E-state index contributed by atoms with van der Waals surface area (Å²) in [6.07, 6.45) is 1.36. The maximum atomic E-state index is 12.1. The van der Waals surface area contributed by atoms with Crippen LogP contribution in [0.15, 0.2) is 0 Å². The van der Waals surface area contributed by atoms with Gasteiger partial charge in [0.25, 0.3) is 0 Å². The van der Waals surface area contributed by atoms with Crippen LogP contribution in [0.25, 0.3) is 0 Å². The molecule has 1 saturated heterocycles. The summed E-state index contributed by atoms with van der Waals surface area (Å²) in [5.41, 5.74) is 0. The summed E-state index contributed by atoms with van der Waals surface area (Å²) < 4.78 is 0. The maximum Gasteiger partial charge on any atom is 0.242 e. The molecule has 5 heteroatoms. The number of nitrogens with zero attached hydrogens (tertiary/aromatic N) is 1. The van der Waals surface area contributed by atoms with E-state index in [1.807, 2.05) is 11.8 Å². The van der Waals surface area contributed by atoms with Gasteiger partial charge in [-0.05, 0) is 26.2 Å². The fourth-order valence-corrected chi connectivity index (χ4v) is 2.19. The molecule has 0 aromatic carbocycles. The first-order chi connectivity index (χ1) is 8.91. The van der Waals surface area contributed by atoms with Gasteiger partial charge in [-0.2, -0.15) is 0 Å². The Labute approximate surface area is 116 Å². The first kappa shape index (κ1) is 16.0. The van der Waals surface area contributed by atoms with Crippen LogP contribution in [0.5, 0.6) is 0 Å². The van der Waals surface area contributed by atoms with E-state index >= 15 is 0 Å². The van der Waals surface area contributed by atoms with Crippen LogP contribution in [0.2, 0.25) is 0 Å². The molecule has 1 fully saturated rings. The van der Waals surface area contributed by atoms with Crippen LogP contribution in [0.3, 0.4) is 0 Å². The van der Waals surface area contributed by atoms with Gasteiger partial charge in [0.05, 0.1) is 6.54 Å². The molecule has 0 saturated carbocycles. The first-order valence-electron chi connectivity index (χ1n) is 7.21. The molecule has 0 aromatic heterocycles. The Morgan fingerprint density at radius 1 is 1.37 bits per heavy atom. The summed E-state index contributed by atoms with van der Waals surface area (Å²) in [6, 6.07) is 0.475. The molecule has 1 heterocycles. The molecule has 0 aromatic rings. The van der Waals surface area contributed by atoms with Gasteiger partial charge < -0.3 is 15.5 Å². The van der Waals surface area contributed by atoms with E-state index in [0.717, 1.165) is 13.0 Å². The van der Waals surface area contributed by atoms with Crippen molar-refractivity contribution >= 4 is 11.8 Å². The minimum absolute atomic E-state index is 0.0127. The normalized spacial score (nSPS) is 23.5. The van der Waals surface area contributed by atoms with E-state index in [2.05, 4.69) is 31.4 Å². The number of hydrogen-bond acceptors (Lipinski definition) is 3. The summed E-state index contributed by atoms with van der Waals surface area (Å²) in [7, 11) is 0. The van der Waals surface area contributed by atoms with Gasteiger partial charge in [0.1, 0.15) is 0 Å². The van der Waals surface area contributed by atoms with E-state index < -0.39 is 0 Å². The quantitative estimate of drug-likeness (QED) is 0.774. The van der Waals surface area contributed by atoms with Crippen molar-refractivity contribution in [2.24, 2.45) is 5.92 Å². The van der Waals surface area contributed by atoms with Crippen LogP contribution in [0, 0.1) is 5.92 Å². The average molecular weight is 269 g/mol. The van der Waals surface area contributed by atoms with Crippen LogP contribution in [-0.2, 0) is 9.59 Å². The number of rotatable bonds is 5. The zero-order valence-electron chi connectivity index (χ0n) is 12.5. The van der Waals surface area contributed by atoms with Crippen molar-refractivity contribution in [3.8, 4) is 0 Å². The molecule has 0 spiro atoms. The van der Waals surface area contributed by atoms with Crippen LogP contribution < -0.4 is 10.6 Å². The summed E-state index contributed by atoms with van der Waals surface area (Å²) >= 11 is 0. The van der Waals surface area contributed by atoms with Crippen molar-refractivity contribution in [2.75, 3.05) is 19.6 Å². The lowest BCUT2D eigenvalue weighted by Crippen LogP contribution is -2.58. The minimum atomic E-state index is -0.0297. The van der Waals surface area contributed by atoms with E-state index in [1.165, 1.54) is 0 Å². The molecular formula is C14H27N3O2. The summed E-state index contributed by atoms with van der Waals surface area (Å²) in [5.74, 6) is 0.493. The highest BCUT2D eigenvalue weighted by Crippen LogP contribution is 2.08. The van der Waals surface area contributed by atoms with Crippen molar-refractivity contribution in [1.82, 2.24) is 15.5 Å². The van der Waals surface area contributed by atoms with Gasteiger partial charge in [-0.3, -0.25) is 9.59 Å². The molecule has 110 valence electrons. The second-order valence-corrected chi connectivity index (χ2v) is 5.78. The van der Waals surface area contributed by atoms with E-state index in [4.69, 9.17) is 0 Å². The van der Waals surface area contributed by atoms with E-state index in [9.17, 15) is 9.59 Å². The van der Waals surface area contributed by atoms with Crippen molar-refractivity contribution in [3.05, 3.63) is 0 Å². The predicted octanol–water partition coefficient (Wildman–Crippen LogP) is 0.748. The highest BCUT2D eigenvalue weighted by molar-refractivity contribution is 5.85. The van der Waals surface area contributed by atoms with Crippen molar-refractivity contribution in [3.63, 3.8) is 0 Å². The third kappa shape index (κ3) is 5.19. The molecule has 1 aliphatic heterocycles. The molecule has 0 bridgehead atoms. The molecule has 19 heavy (non-hydrogen) atoms. The largest absolute Gasteiger partial charge is 0.347 e. The summed E-state index contributed by atoms with van der Waals surface area (Å²) in [6.45, 7) is 9.93. The van der Waals surface area contributed by atoms with Gasteiger partial charge in [-0.15, -0.1) is 0 Å². The first-order valence-corrected chi connectivity index (χ1v) is 7.21. The number of amides is 2. The molecule has 1 rings (SSSR count). The van der Waals surface area contributed by atoms with Crippen molar-refractivity contribution in [2.45, 2.75) is 52.6 Å². The number of carbonyl (C=O) groups excluding carboxylic acids is 2. The van der Waals surface area contributed by atoms with Crippen LogP contribution in [-0.4, -0.2) is 48.4 Å². The van der Waals surface area contributed by atoms with Gasteiger partial charge >= 0.3 is 0 Å². The topological polar surface area (TPSA) is 61.4 Å². The predicted molar refractivity (Wildman–Crippen MR) is 75.7 cm³/mol. The van der Waals surface area contributed by atoms with Gasteiger partial charge in [-0.1, -0.05) is 13.8 Å². The molecular weight excluding hydrogens is 242 g/mol. The Morgan fingerprint density at radius 2 is 2.05 bits per heavy atom. The molecule has 2 N–H and O–H groups in total. The van der Waals surface area contributed by atoms with E-state index in [-0.39, 0.29) is 24.4 Å². The molecule has 0 aliphatic carbocycles. The molecule has 2 amide bonds. The Balaban J connectivity index is 2.32. The minimum Gasteiger partial charge on any atom is -0.347 e. The van der Waals surface area contributed by atoms with Crippen molar-refractivity contribution in [1.29, 1.82) is 0 Å². The molecule has 0 radical (unpaired) electrons. The summed E-state index contributed by atoms with van der Waals surface area (Å²) in [4.78, 5) is 25.5. The maximum absolute atomic E-state index is 12.1. The zero-order valence-corrected chi connectivity index (χ0v) is 12.5. The average Bonchev–Trinajstić information content (AvgIpc) is 2.36. The Bertz CT molecular complexity index is 318. The fraction of sp³-hybridized carbons (Fsp3) is 0.857. The Morgan fingerprint density at radius 3 is 2.68 bits per heavy atom. The monoisotopic (exact) mass is 269 g/mol. The summed E-state index contributed by atoms with van der Waals surface area (Å²) in [5, 5.41) is 6.05. The van der Waals surface area contributed by atoms with Gasteiger partial charge in [0.2, 0.25) is 11.8 Å². The molecule has 5 nitrogen and oxygen atoms in total. The molecule has 1 aliphatic rings. The van der Waals surface area contributed by atoms with Crippen LogP contribution >= 0.6 is 0 Å². The Kier molecular flexibility index (Phi) is 6.28. The number of hydrogen-bond donors (Lipinski definition) is 2. The van der Waals surface area contributed by atoms with Crippen molar-refractivity contribution < 1.29 is 9.59 Å². The lowest BCUT2D eigenvalue weighted by Gasteiger charge is -2.38. The van der Waals surface area contributed by atoms with Crippen LogP contribution in [0.4, 0.5) is 0 Å². The second kappa shape index (κ2) is 7.48. The third-order valence-electron chi connectivity index (χ3n) is 3.74. The third-order valence-corrected chi connectivity index (χ3v) is 3.74. The molecule has 2 atom stereocenters. The fourth-order valence-electron chi connectivity index (χ4n) is 2.19. The zero-order chi connectivity index (χ0) is 14.4. The lowest BCUT2D eigenvalue weighted by molar-refractivity contribution is -0.136. The number of piperazine rings is 1. The lowest BCUT2D eigenvalue weighted by atomic mass is 10.1. The number of nitrogens with one attached hydrogen (secondary N) is 2. The van der Waals surface area contributed by atoms with Gasteiger partial charge in [0, 0.05) is 31.6 Å². The SMILES string of the molecule is CC(C)CCC(=O)NCC(=O)N1CCNC(C)C1C. The van der Waals surface area contributed by atoms with Gasteiger partial charge in [-0.25, -0.2) is 0 Å². The standard InChI is InChI=1S/C14H27N3O2/c1-10(2)5-6-13(18)16-9-14(19)17-8-7-15-11(3)12(17)4/h10-12,15H,5-9H2,1-4H3,(H,16,18). The highest BCUT2D eigenvalue weighted by Gasteiger charge is 2.27. The van der Waals surface area contributed by atoms with E-state index in [1.54, 1.807) is 0 Å².